The molecule has 10 amide bonds. The number of carbonyl (C=O) groups is 11. The van der Waals surface area contributed by atoms with Crippen LogP contribution in [0.4, 0.5) is 0 Å². The number of nitrogens with two attached hydrogens (primary N) is 5. The number of imidazole rings is 1. The third-order valence-electron chi connectivity index (χ3n) is 12.1. The van der Waals surface area contributed by atoms with Gasteiger partial charge in [0, 0.05) is 50.8 Å². The van der Waals surface area contributed by atoms with E-state index in [0.717, 1.165) is 16.7 Å². The fraction of sp³-hybridized carbons (Fsp3) is 0.651. The van der Waals surface area contributed by atoms with E-state index in [9.17, 15) is 73.2 Å². The molecule has 31 heteroatoms. The fourth-order valence-corrected chi connectivity index (χ4v) is 8.12. The Bertz CT molecular complexity index is 2190. The molecule has 31 nitrogen and oxygen atoms in total. The van der Waals surface area contributed by atoms with Crippen LogP contribution in [0.1, 0.15) is 83.7 Å². The number of aliphatic imine (C=N–C) groups is 1. The Morgan fingerprint density at radius 3 is 1.76 bits per heavy atom. The van der Waals surface area contributed by atoms with E-state index in [-0.39, 0.29) is 69.8 Å². The third-order valence-corrected chi connectivity index (χ3v) is 12.1. The number of carboxylic acids is 1. The summed E-state index contributed by atoms with van der Waals surface area (Å²) in [6, 6.07) is -13.7. The van der Waals surface area contributed by atoms with Crippen LogP contribution in [-0.2, 0) is 59.2 Å². The molecule has 11 atom stereocenters. The van der Waals surface area contributed by atoms with Crippen LogP contribution in [0, 0.1) is 0 Å². The minimum Gasteiger partial charge on any atom is -0.480 e. The summed E-state index contributed by atoms with van der Waals surface area (Å²) in [5.74, 6) is -11.2. The zero-order chi connectivity index (χ0) is 55.4. The predicted octanol–water partition coefficient (Wildman–Crippen LogP) is -8.41. The van der Waals surface area contributed by atoms with E-state index in [0.29, 0.717) is 6.42 Å². The van der Waals surface area contributed by atoms with Gasteiger partial charge < -0.3 is 95.8 Å². The van der Waals surface area contributed by atoms with Crippen LogP contribution in [0.2, 0.25) is 0 Å². The molecule has 1 aromatic heterocycles. The molecule has 3 heterocycles. The lowest BCUT2D eigenvalue weighted by atomic mass is 10.0. The summed E-state index contributed by atoms with van der Waals surface area (Å²) in [6.45, 7) is 1.52. The fourth-order valence-electron chi connectivity index (χ4n) is 8.12. The first-order valence-electron chi connectivity index (χ1n) is 23.8. The van der Waals surface area contributed by atoms with Gasteiger partial charge in [0.2, 0.25) is 59.1 Å². The van der Waals surface area contributed by atoms with E-state index in [4.69, 9.17) is 28.7 Å². The van der Waals surface area contributed by atoms with Gasteiger partial charge in [-0.15, -0.1) is 0 Å². The molecule has 1 aromatic rings. The van der Waals surface area contributed by atoms with Crippen molar-refractivity contribution in [2.45, 2.75) is 151 Å². The van der Waals surface area contributed by atoms with Gasteiger partial charge in [0.1, 0.15) is 48.3 Å². The summed E-state index contributed by atoms with van der Waals surface area (Å²) < 4.78 is 0. The number of H-pyrrole nitrogens is 1. The van der Waals surface area contributed by atoms with Crippen molar-refractivity contribution in [1.29, 1.82) is 0 Å². The number of nitrogens with zero attached hydrogens (tertiary/aromatic N) is 4. The number of rotatable bonds is 30. The van der Waals surface area contributed by atoms with Gasteiger partial charge in [-0.05, 0) is 65.2 Å². The van der Waals surface area contributed by atoms with Gasteiger partial charge in [0.15, 0.2) is 5.96 Å². The zero-order valence-corrected chi connectivity index (χ0v) is 41.1. The molecule has 2 aliphatic rings. The molecule has 412 valence electrons. The summed E-state index contributed by atoms with van der Waals surface area (Å²) in [6.07, 6.45) is -1.67. The number of aliphatic hydroxyl groups excluding tert-OH is 3. The molecule has 0 radical (unpaired) electrons. The highest BCUT2D eigenvalue weighted by molar-refractivity contribution is 5.99. The summed E-state index contributed by atoms with van der Waals surface area (Å²) in [5, 5.41) is 55.2. The van der Waals surface area contributed by atoms with Gasteiger partial charge >= 0.3 is 5.97 Å². The first-order valence-corrected chi connectivity index (χ1v) is 23.8. The lowest BCUT2D eigenvalue weighted by Crippen LogP contribution is -2.62. The maximum atomic E-state index is 14.2. The number of hydrogen-bond acceptors (Lipinski definition) is 17. The maximum Gasteiger partial charge on any atom is 0.326 e. The van der Waals surface area contributed by atoms with E-state index in [1.807, 2.05) is 0 Å². The number of hydrogen-bond donors (Lipinski definition) is 16. The third kappa shape index (κ3) is 18.5. The minimum atomic E-state index is -1.89. The highest BCUT2D eigenvalue weighted by Crippen LogP contribution is 2.23. The summed E-state index contributed by atoms with van der Waals surface area (Å²) in [7, 11) is 0. The van der Waals surface area contributed by atoms with Crippen molar-refractivity contribution in [2.75, 3.05) is 26.2 Å². The number of primary amides is 2. The van der Waals surface area contributed by atoms with E-state index in [2.05, 4.69) is 46.9 Å². The number of aliphatic carboxylic acids is 1. The van der Waals surface area contributed by atoms with E-state index in [1.165, 1.54) is 19.4 Å². The monoisotopic (exact) mass is 1050 g/mol. The van der Waals surface area contributed by atoms with Crippen molar-refractivity contribution in [3.05, 3.63) is 18.2 Å². The van der Waals surface area contributed by atoms with Crippen LogP contribution < -0.4 is 60.6 Å². The second-order valence-corrected chi connectivity index (χ2v) is 17.9. The maximum absolute atomic E-state index is 14.2. The molecule has 0 saturated carbocycles. The molecule has 2 fully saturated rings. The van der Waals surface area contributed by atoms with Crippen molar-refractivity contribution < 1.29 is 73.2 Å². The minimum absolute atomic E-state index is 0.0516. The Hall–Kier alpha value is -7.51. The highest BCUT2D eigenvalue weighted by Gasteiger charge is 2.43. The van der Waals surface area contributed by atoms with E-state index >= 15 is 0 Å². The number of carboxylic acid groups (broad SMARTS) is 1. The number of carbonyl (C=O) groups excluding carboxylic acids is 10. The van der Waals surface area contributed by atoms with Gasteiger partial charge in [0.25, 0.3) is 0 Å². The first-order chi connectivity index (χ1) is 34.9. The standard InChI is InChI=1S/C43H70N16O15/c1-20(61)32(39(70)53-25(10-12-31(46)64)40(71)58-14-4-7-28(58)38(69)57-33(21(2)62)41(72)59-15-5-8-29(59)42(73)74)56-36(67)26(16-22-17-49-19-51-22)54-35(66)24(9-11-30(45)63)52-37(68)27(18-60)55-34(65)23(44)6-3-13-50-43(47)48/h17,19-21,23-29,32-33,60-62H,3-16,18,44H2,1-2H3,(H2,45,63)(H2,46,64)(H,49,51)(H,52,68)(H,53,70)(H,54,66)(H,55,65)(H,56,67)(H,57,69)(H,73,74)(H4,47,48,50)/t20-,21-,23+,24+,25+,26+,27+,28+,29+,32+,33+/m1/s1. The smallest absolute Gasteiger partial charge is 0.326 e. The SMILES string of the molecule is C[C@@H](O)[C@H](NC(=O)[C@H](Cc1cnc[nH]1)NC(=O)[C@H](CCC(N)=O)NC(=O)[C@H](CO)NC(=O)[C@@H](N)CCCN=C(N)N)C(=O)N[C@@H](CCC(N)=O)C(=O)N1CCC[C@H]1C(=O)N[C@H](C(=O)N1CCC[C@H]1C(=O)O)[C@@H](C)O. The molecule has 0 unspecified atom stereocenters. The second kappa shape index (κ2) is 29.3. The van der Waals surface area contributed by atoms with Crippen LogP contribution in [-0.4, -0.2) is 204 Å². The van der Waals surface area contributed by atoms with Gasteiger partial charge in [-0.1, -0.05) is 0 Å². The van der Waals surface area contributed by atoms with Crippen molar-refractivity contribution >= 4 is 71.0 Å². The molecular weight excluding hydrogens is 981 g/mol. The molecule has 2 aliphatic heterocycles. The summed E-state index contributed by atoms with van der Waals surface area (Å²) in [4.78, 5) is 158. The van der Waals surface area contributed by atoms with Crippen LogP contribution >= 0.6 is 0 Å². The Morgan fingerprint density at radius 2 is 1.22 bits per heavy atom. The number of guanidine groups is 1. The molecule has 0 spiro atoms. The van der Waals surface area contributed by atoms with Gasteiger partial charge in [-0.25, -0.2) is 9.78 Å². The predicted molar refractivity (Wildman–Crippen MR) is 256 cm³/mol. The van der Waals surface area contributed by atoms with E-state index in [1.54, 1.807) is 0 Å². The quantitative estimate of drug-likeness (QED) is 0.0193. The highest BCUT2D eigenvalue weighted by atomic mass is 16.4. The topological polar surface area (TPSA) is 518 Å². The average molecular weight is 1050 g/mol. The van der Waals surface area contributed by atoms with E-state index < -0.39 is 164 Å². The van der Waals surface area contributed by atoms with Crippen LogP contribution in [0.5, 0.6) is 0 Å². The molecule has 74 heavy (non-hydrogen) atoms. The lowest BCUT2D eigenvalue weighted by Gasteiger charge is -2.32. The van der Waals surface area contributed by atoms with Crippen LogP contribution in [0.25, 0.3) is 0 Å². The Morgan fingerprint density at radius 1 is 0.689 bits per heavy atom. The number of aromatic amines is 1. The molecule has 0 aliphatic carbocycles. The van der Waals surface area contributed by atoms with Gasteiger partial charge in [-0.3, -0.25) is 52.9 Å². The lowest BCUT2D eigenvalue weighted by molar-refractivity contribution is -0.151. The molecule has 0 bridgehead atoms. The Labute approximate surface area is 424 Å². The van der Waals surface area contributed by atoms with Crippen molar-refractivity contribution in [1.82, 2.24) is 51.7 Å². The van der Waals surface area contributed by atoms with Crippen LogP contribution in [0.15, 0.2) is 17.5 Å². The second-order valence-electron chi connectivity index (χ2n) is 17.9. The summed E-state index contributed by atoms with van der Waals surface area (Å²) in [5.41, 5.74) is 27.5. The molecule has 21 N–H and O–H groups in total. The Kier molecular flexibility index (Phi) is 24.0. The van der Waals surface area contributed by atoms with Gasteiger partial charge in [-0.2, -0.15) is 0 Å². The normalized spacial score (nSPS) is 18.9. The number of amides is 10. The molecule has 0 aromatic carbocycles. The molecular formula is C43H70N16O15. The number of nitrogens with one attached hydrogen (secondary N) is 7. The summed E-state index contributed by atoms with van der Waals surface area (Å²) >= 11 is 0. The number of aliphatic hydroxyl groups is 3. The van der Waals surface area contributed by atoms with Crippen molar-refractivity contribution in [3.8, 4) is 0 Å². The largest absolute Gasteiger partial charge is 0.480 e. The van der Waals surface area contributed by atoms with Crippen molar-refractivity contribution in [3.63, 3.8) is 0 Å². The Balaban J connectivity index is 1.83. The molecule has 2 saturated heterocycles. The number of likely N-dealkylation sites (tertiary alicyclic amines) is 2. The van der Waals surface area contributed by atoms with Gasteiger partial charge in [0.05, 0.1) is 31.2 Å². The molecule has 3 rings (SSSR count). The average Bonchev–Trinajstić information content (AvgIpc) is 4.15. The van der Waals surface area contributed by atoms with Crippen molar-refractivity contribution in [2.24, 2.45) is 33.7 Å². The zero-order valence-electron chi connectivity index (χ0n) is 41.1. The van der Waals surface area contributed by atoms with Crippen LogP contribution in [0.3, 0.4) is 0 Å². The first kappa shape index (κ1) is 60.8. The number of aromatic nitrogens is 2.